The van der Waals surface area contributed by atoms with Crippen molar-refractivity contribution in [3.05, 3.63) is 18.1 Å². The highest BCUT2D eigenvalue weighted by atomic mass is 32.2. The molecule has 10 heavy (non-hydrogen) atoms. The lowest BCUT2D eigenvalue weighted by Gasteiger charge is -1.90. The van der Waals surface area contributed by atoms with Crippen LogP contribution in [0.4, 0.5) is 0 Å². The van der Waals surface area contributed by atoms with Crippen LogP contribution in [-0.4, -0.2) is 8.42 Å². The van der Waals surface area contributed by atoms with Crippen molar-refractivity contribution in [3.8, 4) is 0 Å². The molecule has 0 aliphatic heterocycles. The van der Waals surface area contributed by atoms with Gasteiger partial charge in [0, 0.05) is 5.56 Å². The Kier molecular flexibility index (Phi) is 1.53. The third-order valence-electron chi connectivity index (χ3n) is 1.12. The molecule has 1 aromatic rings. The molecule has 1 aromatic heterocycles. The molecule has 0 aliphatic carbocycles. The topological polar surface area (TPSA) is 73.3 Å². The van der Waals surface area contributed by atoms with Crippen LogP contribution < -0.4 is 5.14 Å². The number of hydrogen-bond acceptors (Lipinski definition) is 3. The van der Waals surface area contributed by atoms with E-state index in [2.05, 4.69) is 4.42 Å². The molecule has 0 fully saturated rings. The fourth-order valence-corrected chi connectivity index (χ4v) is 1.33. The smallest absolute Gasteiger partial charge is 0.241 e. The summed E-state index contributed by atoms with van der Waals surface area (Å²) in [6.45, 7) is 1.61. The summed E-state index contributed by atoms with van der Waals surface area (Å²) >= 11 is 0. The molecule has 0 aliphatic rings. The van der Waals surface area contributed by atoms with E-state index in [1.54, 1.807) is 6.92 Å². The third-order valence-corrected chi connectivity index (χ3v) is 2.15. The average molecular weight is 161 g/mol. The van der Waals surface area contributed by atoms with Crippen molar-refractivity contribution in [1.29, 1.82) is 0 Å². The van der Waals surface area contributed by atoms with E-state index in [0.717, 1.165) is 6.26 Å². The largest absolute Gasteiger partial charge is 0.471 e. The normalized spacial score (nSPS) is 11.8. The van der Waals surface area contributed by atoms with E-state index in [0.29, 0.717) is 5.56 Å². The third kappa shape index (κ3) is 1.19. The number of primary sulfonamides is 1. The molecule has 0 amide bonds. The molecular weight excluding hydrogens is 154 g/mol. The van der Waals surface area contributed by atoms with E-state index in [1.807, 2.05) is 0 Å². The number of rotatable bonds is 1. The van der Waals surface area contributed by atoms with Crippen molar-refractivity contribution in [2.75, 3.05) is 0 Å². The molecule has 1 rings (SSSR count). The fourth-order valence-electron chi connectivity index (χ4n) is 0.640. The van der Waals surface area contributed by atoms with Gasteiger partial charge in [-0.3, -0.25) is 0 Å². The maximum atomic E-state index is 10.6. The minimum absolute atomic E-state index is 0.0486. The van der Waals surface area contributed by atoms with Gasteiger partial charge in [0.05, 0.1) is 6.26 Å². The van der Waals surface area contributed by atoms with Gasteiger partial charge in [0.2, 0.25) is 10.0 Å². The first-order chi connectivity index (χ1) is 4.52. The number of sulfonamides is 1. The molecule has 0 spiro atoms. The predicted molar refractivity (Wildman–Crippen MR) is 34.8 cm³/mol. The molecule has 4 nitrogen and oxygen atoms in total. The molecule has 1 heterocycles. The van der Waals surface area contributed by atoms with Crippen molar-refractivity contribution in [2.45, 2.75) is 11.8 Å². The van der Waals surface area contributed by atoms with Gasteiger partial charge in [-0.2, -0.15) is 0 Å². The van der Waals surface area contributed by atoms with E-state index in [1.165, 1.54) is 6.26 Å². The highest BCUT2D eigenvalue weighted by Crippen LogP contribution is 2.12. The molecule has 0 radical (unpaired) electrons. The van der Waals surface area contributed by atoms with Crippen LogP contribution in [0.3, 0.4) is 0 Å². The van der Waals surface area contributed by atoms with E-state index in [4.69, 9.17) is 5.14 Å². The Bertz CT molecular complexity index is 324. The monoisotopic (exact) mass is 161 g/mol. The number of aryl methyl sites for hydroxylation is 1. The molecule has 0 bridgehead atoms. The second-order valence-corrected chi connectivity index (χ2v) is 3.49. The van der Waals surface area contributed by atoms with Gasteiger partial charge < -0.3 is 4.42 Å². The van der Waals surface area contributed by atoms with Gasteiger partial charge in [0.1, 0.15) is 11.2 Å². The average Bonchev–Trinajstić information content (AvgIpc) is 2.11. The minimum atomic E-state index is -3.58. The fraction of sp³-hybridized carbons (Fsp3) is 0.200. The van der Waals surface area contributed by atoms with Gasteiger partial charge in [0.15, 0.2) is 0 Å². The summed E-state index contributed by atoms with van der Waals surface area (Å²) in [4.78, 5) is 0.0486. The maximum Gasteiger partial charge on any atom is 0.241 e. The predicted octanol–water partition coefficient (Wildman–Crippen LogP) is 0.235. The van der Waals surface area contributed by atoms with Crippen molar-refractivity contribution < 1.29 is 12.8 Å². The van der Waals surface area contributed by atoms with Gasteiger partial charge in [-0.05, 0) is 6.92 Å². The second-order valence-electron chi connectivity index (χ2n) is 1.96. The zero-order valence-corrected chi connectivity index (χ0v) is 6.18. The second kappa shape index (κ2) is 2.10. The Morgan fingerprint density at radius 3 is 2.30 bits per heavy atom. The van der Waals surface area contributed by atoms with Crippen LogP contribution in [-0.2, 0) is 10.0 Å². The molecule has 5 heteroatoms. The van der Waals surface area contributed by atoms with Crippen LogP contribution in [0.15, 0.2) is 21.8 Å². The number of hydrogen-bond donors (Lipinski definition) is 1. The molecule has 0 saturated carbocycles. The molecule has 56 valence electrons. The minimum Gasteiger partial charge on any atom is -0.471 e. The zero-order chi connectivity index (χ0) is 7.78. The van der Waals surface area contributed by atoms with E-state index in [9.17, 15) is 8.42 Å². The van der Waals surface area contributed by atoms with Crippen molar-refractivity contribution in [3.63, 3.8) is 0 Å². The van der Waals surface area contributed by atoms with Crippen molar-refractivity contribution in [2.24, 2.45) is 5.14 Å². The van der Waals surface area contributed by atoms with E-state index in [-0.39, 0.29) is 4.90 Å². The van der Waals surface area contributed by atoms with Gasteiger partial charge >= 0.3 is 0 Å². The summed E-state index contributed by atoms with van der Waals surface area (Å²) < 4.78 is 25.9. The number of nitrogens with two attached hydrogens (primary N) is 1. The van der Waals surface area contributed by atoms with Crippen LogP contribution in [0.1, 0.15) is 5.56 Å². The van der Waals surface area contributed by atoms with Crippen LogP contribution >= 0.6 is 0 Å². The molecule has 2 N–H and O–H groups in total. The maximum absolute atomic E-state index is 10.6. The summed E-state index contributed by atoms with van der Waals surface area (Å²) in [7, 11) is -3.58. The lowest BCUT2D eigenvalue weighted by atomic mass is 10.4. The van der Waals surface area contributed by atoms with Crippen molar-refractivity contribution >= 4 is 10.0 Å². The van der Waals surface area contributed by atoms with E-state index < -0.39 is 10.0 Å². The van der Waals surface area contributed by atoms with Gasteiger partial charge in [-0.1, -0.05) is 0 Å². The lowest BCUT2D eigenvalue weighted by molar-refractivity contribution is 0.556. The zero-order valence-electron chi connectivity index (χ0n) is 5.37. The molecule has 0 unspecified atom stereocenters. The Morgan fingerprint density at radius 1 is 1.50 bits per heavy atom. The van der Waals surface area contributed by atoms with E-state index >= 15 is 0 Å². The number of furan rings is 1. The lowest BCUT2D eigenvalue weighted by Crippen LogP contribution is -2.11. The quantitative estimate of drug-likeness (QED) is 0.641. The summed E-state index contributed by atoms with van der Waals surface area (Å²) in [5.41, 5.74) is 0.530. The molecule has 0 aromatic carbocycles. The summed E-state index contributed by atoms with van der Waals surface area (Å²) in [5.74, 6) is 0. The molecule has 0 atom stereocenters. The van der Waals surface area contributed by atoms with Crippen LogP contribution in [0.5, 0.6) is 0 Å². The molecule has 0 saturated heterocycles. The summed E-state index contributed by atoms with van der Waals surface area (Å²) in [6.07, 6.45) is 2.45. The van der Waals surface area contributed by atoms with Crippen molar-refractivity contribution in [1.82, 2.24) is 0 Å². The summed E-state index contributed by atoms with van der Waals surface area (Å²) in [6, 6.07) is 0. The summed E-state index contributed by atoms with van der Waals surface area (Å²) in [5, 5.41) is 4.81. The Balaban J connectivity index is 3.32. The van der Waals surface area contributed by atoms with Gasteiger partial charge in [0.25, 0.3) is 0 Å². The van der Waals surface area contributed by atoms with Gasteiger partial charge in [-0.15, -0.1) is 0 Å². The van der Waals surface area contributed by atoms with Crippen LogP contribution in [0, 0.1) is 6.92 Å². The first kappa shape index (κ1) is 7.30. The SMILES string of the molecule is Cc1cocc1S(N)(=O)=O. The first-order valence-electron chi connectivity index (χ1n) is 2.57. The Hall–Kier alpha value is -0.810. The molecular formula is C5H7NO3S. The Morgan fingerprint density at radius 2 is 2.10 bits per heavy atom. The van der Waals surface area contributed by atoms with Crippen LogP contribution in [0.2, 0.25) is 0 Å². The van der Waals surface area contributed by atoms with Gasteiger partial charge in [-0.25, -0.2) is 13.6 Å². The standard InChI is InChI=1S/C5H7NO3S/c1-4-2-9-3-5(4)10(6,7)8/h2-3H,1H3,(H2,6,7,8). The highest BCUT2D eigenvalue weighted by molar-refractivity contribution is 7.89. The highest BCUT2D eigenvalue weighted by Gasteiger charge is 2.12. The van der Waals surface area contributed by atoms with Crippen LogP contribution in [0.25, 0.3) is 0 Å². The first-order valence-corrected chi connectivity index (χ1v) is 4.12. The Labute approximate surface area is 58.7 Å².